The summed E-state index contributed by atoms with van der Waals surface area (Å²) in [5.74, 6) is -1.06. The van der Waals surface area contributed by atoms with Crippen molar-refractivity contribution in [1.29, 1.82) is 0 Å². The van der Waals surface area contributed by atoms with E-state index in [4.69, 9.17) is 14.2 Å². The quantitative estimate of drug-likeness (QED) is 0.0261. The third-order valence-electron chi connectivity index (χ3n) is 13.0. The highest BCUT2D eigenvalue weighted by atomic mass is 16.6. The number of hydrogen-bond acceptors (Lipinski definition) is 6. The lowest BCUT2D eigenvalue weighted by molar-refractivity contribution is -0.166. The fourth-order valence-corrected chi connectivity index (χ4v) is 8.34. The van der Waals surface area contributed by atoms with Gasteiger partial charge in [0.25, 0.3) is 0 Å². The number of hydrogen-bond donors (Lipinski definition) is 0. The molecule has 0 spiro atoms. The van der Waals surface area contributed by atoms with Crippen molar-refractivity contribution in [1.82, 2.24) is 0 Å². The molecule has 1 atom stereocenters. The summed E-state index contributed by atoms with van der Waals surface area (Å²) in [7, 11) is 0. The molecule has 0 amide bonds. The molecule has 0 unspecified atom stereocenters. The van der Waals surface area contributed by atoms with Crippen molar-refractivity contribution in [2.24, 2.45) is 0 Å². The zero-order valence-electron chi connectivity index (χ0n) is 48.8. The molecular formula is C69H114O6. The van der Waals surface area contributed by atoms with Crippen molar-refractivity contribution in [3.63, 3.8) is 0 Å². The van der Waals surface area contributed by atoms with Crippen LogP contribution in [0.2, 0.25) is 0 Å². The van der Waals surface area contributed by atoms with Crippen LogP contribution >= 0.6 is 0 Å². The van der Waals surface area contributed by atoms with Crippen LogP contribution in [0.25, 0.3) is 0 Å². The molecule has 0 aromatic heterocycles. The van der Waals surface area contributed by atoms with E-state index in [1.165, 1.54) is 141 Å². The molecule has 0 aliphatic carbocycles. The van der Waals surface area contributed by atoms with Crippen LogP contribution in [0.4, 0.5) is 0 Å². The minimum atomic E-state index is -0.834. The lowest BCUT2D eigenvalue weighted by atomic mass is 10.0. The van der Waals surface area contributed by atoms with Gasteiger partial charge in [-0.1, -0.05) is 284 Å². The van der Waals surface area contributed by atoms with Crippen molar-refractivity contribution in [3.8, 4) is 0 Å². The first-order chi connectivity index (χ1) is 37.0. The fourth-order valence-electron chi connectivity index (χ4n) is 8.34. The summed E-state index contributed by atoms with van der Waals surface area (Å²) < 4.78 is 16.8. The van der Waals surface area contributed by atoms with E-state index in [0.29, 0.717) is 19.3 Å². The summed E-state index contributed by atoms with van der Waals surface area (Å²) in [4.78, 5) is 38.2. The van der Waals surface area contributed by atoms with Crippen molar-refractivity contribution >= 4 is 17.9 Å². The SMILES string of the molecule is CC/C=C\C/C=C\C/C=C\C/C=C\C/C=C\CCCC(=O)OC[C@H](COC(=O)CC/C=C\C/C=C\C/C=C\C/C=C\C/C=C\CCCCC)OC(=O)CCCCCCCCCCCCCCCCCCCCCCC. The lowest BCUT2D eigenvalue weighted by Gasteiger charge is -2.18. The molecule has 0 rings (SSSR count). The van der Waals surface area contributed by atoms with Gasteiger partial charge in [0.2, 0.25) is 0 Å². The Balaban J connectivity index is 4.54. The predicted molar refractivity (Wildman–Crippen MR) is 325 cm³/mol. The normalized spacial score (nSPS) is 12.9. The van der Waals surface area contributed by atoms with Gasteiger partial charge in [0.1, 0.15) is 13.2 Å². The molecule has 6 heteroatoms. The Morgan fingerprint density at radius 2 is 0.560 bits per heavy atom. The number of carbonyl (C=O) groups is 3. The molecule has 0 aliphatic heterocycles. The van der Waals surface area contributed by atoms with Gasteiger partial charge >= 0.3 is 17.9 Å². The number of esters is 3. The van der Waals surface area contributed by atoms with Gasteiger partial charge < -0.3 is 14.2 Å². The molecule has 0 aliphatic rings. The average molecular weight is 1040 g/mol. The van der Waals surface area contributed by atoms with Gasteiger partial charge in [0.15, 0.2) is 6.10 Å². The molecule has 0 fully saturated rings. The van der Waals surface area contributed by atoms with Crippen molar-refractivity contribution in [2.45, 2.75) is 284 Å². The van der Waals surface area contributed by atoms with E-state index in [1.54, 1.807) is 0 Å². The van der Waals surface area contributed by atoms with Crippen LogP contribution < -0.4 is 0 Å². The van der Waals surface area contributed by atoms with Crippen molar-refractivity contribution in [2.75, 3.05) is 13.2 Å². The Labute approximate surface area is 462 Å². The third-order valence-corrected chi connectivity index (χ3v) is 13.0. The smallest absolute Gasteiger partial charge is 0.306 e. The van der Waals surface area contributed by atoms with E-state index >= 15 is 0 Å². The molecule has 0 heterocycles. The third kappa shape index (κ3) is 60.6. The maximum atomic E-state index is 12.9. The van der Waals surface area contributed by atoms with Crippen LogP contribution in [0.1, 0.15) is 278 Å². The molecule has 0 saturated carbocycles. The van der Waals surface area contributed by atoms with Gasteiger partial charge in [0, 0.05) is 19.3 Å². The summed E-state index contributed by atoms with van der Waals surface area (Å²) in [6, 6.07) is 0. The highest BCUT2D eigenvalue weighted by Gasteiger charge is 2.19. The van der Waals surface area contributed by atoms with E-state index in [0.717, 1.165) is 83.5 Å². The minimum absolute atomic E-state index is 0.131. The molecule has 6 nitrogen and oxygen atoms in total. The van der Waals surface area contributed by atoms with Crippen LogP contribution in [-0.4, -0.2) is 37.2 Å². The molecule has 75 heavy (non-hydrogen) atoms. The standard InChI is InChI=1S/C69H114O6/c1-4-7-10-13-16-19-22-25-28-31-33-34-36-39-42-45-48-51-54-57-60-63-69(72)75-66(64-73-67(70)61-58-55-52-49-46-43-40-37-30-27-24-21-18-15-12-9-6-3)65-74-68(71)62-59-56-53-50-47-44-41-38-35-32-29-26-23-20-17-14-11-8-5-2/h9,12,17-18,20-21,26-27,29-30,35,38,40,43-44,47,49,52-53,56,66H,4-8,10-11,13-16,19,22-25,28,31-34,36-37,39,41-42,45-46,48,50-51,54-55,57-65H2,1-3H3/b12-9-,20-17-,21-18-,29-26-,30-27-,38-35-,43-40-,47-44-,52-49-,56-53-/t66-/m1/s1. The number of unbranched alkanes of at least 4 members (excludes halogenated alkanes) is 24. The Hall–Kier alpha value is -4.19. The van der Waals surface area contributed by atoms with Crippen LogP contribution in [-0.2, 0) is 28.6 Å². The molecule has 426 valence electrons. The lowest BCUT2D eigenvalue weighted by Crippen LogP contribution is -2.30. The molecule has 0 saturated heterocycles. The van der Waals surface area contributed by atoms with Crippen LogP contribution in [0.3, 0.4) is 0 Å². The Morgan fingerprint density at radius 3 is 0.933 bits per heavy atom. The average Bonchev–Trinajstić information content (AvgIpc) is 3.41. The topological polar surface area (TPSA) is 78.9 Å². The van der Waals surface area contributed by atoms with Gasteiger partial charge in [-0.25, -0.2) is 0 Å². The highest BCUT2D eigenvalue weighted by molar-refractivity contribution is 5.71. The summed E-state index contributed by atoms with van der Waals surface area (Å²) in [5.41, 5.74) is 0. The predicted octanol–water partition coefficient (Wildman–Crippen LogP) is 21.2. The van der Waals surface area contributed by atoms with Gasteiger partial charge in [-0.3, -0.25) is 14.4 Å². The highest BCUT2D eigenvalue weighted by Crippen LogP contribution is 2.16. The first kappa shape index (κ1) is 70.8. The van der Waals surface area contributed by atoms with E-state index in [-0.39, 0.29) is 44.0 Å². The number of allylic oxidation sites excluding steroid dienone is 20. The van der Waals surface area contributed by atoms with Crippen molar-refractivity contribution < 1.29 is 28.6 Å². The number of carbonyl (C=O) groups excluding carboxylic acids is 3. The van der Waals surface area contributed by atoms with Crippen LogP contribution in [0.15, 0.2) is 122 Å². The van der Waals surface area contributed by atoms with E-state index in [2.05, 4.69) is 136 Å². The van der Waals surface area contributed by atoms with Crippen LogP contribution in [0.5, 0.6) is 0 Å². The molecule has 0 radical (unpaired) electrons. The minimum Gasteiger partial charge on any atom is -0.462 e. The van der Waals surface area contributed by atoms with Crippen molar-refractivity contribution in [3.05, 3.63) is 122 Å². The molecule has 0 aromatic rings. The van der Waals surface area contributed by atoms with Crippen LogP contribution in [0, 0.1) is 0 Å². The van der Waals surface area contributed by atoms with Gasteiger partial charge in [-0.15, -0.1) is 0 Å². The Kier molecular flexibility index (Phi) is 58.9. The summed E-state index contributed by atoms with van der Waals surface area (Å²) in [6.07, 6.45) is 86.5. The largest absolute Gasteiger partial charge is 0.462 e. The first-order valence-corrected chi connectivity index (χ1v) is 31.0. The summed E-state index contributed by atoms with van der Waals surface area (Å²) >= 11 is 0. The zero-order valence-corrected chi connectivity index (χ0v) is 48.8. The Morgan fingerprint density at radius 1 is 0.280 bits per heavy atom. The van der Waals surface area contributed by atoms with Gasteiger partial charge in [-0.05, 0) is 96.3 Å². The molecule has 0 N–H and O–H groups in total. The molecule has 0 bridgehead atoms. The second-order valence-corrected chi connectivity index (χ2v) is 20.2. The van der Waals surface area contributed by atoms with E-state index in [1.807, 2.05) is 6.08 Å². The maximum Gasteiger partial charge on any atom is 0.306 e. The molecule has 0 aromatic carbocycles. The zero-order chi connectivity index (χ0) is 54.3. The fraction of sp³-hybridized carbons (Fsp3) is 0.667. The Bertz CT molecular complexity index is 1570. The number of ether oxygens (including phenoxy) is 3. The van der Waals surface area contributed by atoms with Gasteiger partial charge in [-0.2, -0.15) is 0 Å². The first-order valence-electron chi connectivity index (χ1n) is 31.0. The maximum absolute atomic E-state index is 12.9. The van der Waals surface area contributed by atoms with E-state index < -0.39 is 6.10 Å². The monoisotopic (exact) mass is 1040 g/mol. The second kappa shape index (κ2) is 62.4. The van der Waals surface area contributed by atoms with Gasteiger partial charge in [0.05, 0.1) is 0 Å². The summed E-state index contributed by atoms with van der Waals surface area (Å²) in [5, 5.41) is 0. The molecular weight excluding hydrogens is 925 g/mol. The second-order valence-electron chi connectivity index (χ2n) is 20.2. The summed E-state index contributed by atoms with van der Waals surface area (Å²) in [6.45, 7) is 6.40. The number of rotatable bonds is 55. The van der Waals surface area contributed by atoms with E-state index in [9.17, 15) is 14.4 Å².